The van der Waals surface area contributed by atoms with E-state index in [4.69, 9.17) is 4.74 Å². The topological polar surface area (TPSA) is 47.3 Å². The van der Waals surface area contributed by atoms with Crippen LogP contribution in [0.1, 0.15) is 24.4 Å². The fourth-order valence-electron chi connectivity index (χ4n) is 3.17. The smallest absolute Gasteiger partial charge is 0.147 e. The Hall–Kier alpha value is -3.11. The highest BCUT2D eigenvalue weighted by molar-refractivity contribution is 5.75. The third-order valence-corrected chi connectivity index (χ3v) is 4.83. The monoisotopic (exact) mass is 358 g/mol. The Morgan fingerprint density at radius 2 is 1.56 bits per heavy atom. The van der Waals surface area contributed by atoms with E-state index >= 15 is 0 Å². The summed E-state index contributed by atoms with van der Waals surface area (Å²) >= 11 is 0. The molecular weight excluding hydrogens is 336 g/mol. The quantitative estimate of drug-likeness (QED) is 0.553. The first-order chi connectivity index (χ1) is 13.1. The summed E-state index contributed by atoms with van der Waals surface area (Å²) < 4.78 is 7.99. The highest BCUT2D eigenvalue weighted by Gasteiger charge is 2.08. The number of ether oxygens (including phenoxy) is 1. The van der Waals surface area contributed by atoms with Crippen LogP contribution in [0.25, 0.3) is 22.2 Å². The number of fused-ring (bicyclic) bond motifs is 1. The molecule has 1 aromatic heterocycles. The third-order valence-electron chi connectivity index (χ3n) is 4.83. The Bertz CT molecular complexity index is 1050. The number of imidazole rings is 1. The van der Waals surface area contributed by atoms with Gasteiger partial charge in [-0.15, -0.1) is 0 Å². The number of nitrogens with zero attached hydrogens (tertiary/aromatic N) is 2. The van der Waals surface area contributed by atoms with Crippen LogP contribution in [-0.2, 0) is 13.7 Å². The molecule has 0 saturated heterocycles. The van der Waals surface area contributed by atoms with Crippen LogP contribution in [0.5, 0.6) is 5.75 Å². The first-order valence-corrected chi connectivity index (χ1v) is 9.03. The molecule has 0 radical (unpaired) electrons. The fraction of sp³-hybridized carbons (Fsp3) is 0.174. The minimum Gasteiger partial charge on any atom is -0.486 e. The number of rotatable bonds is 5. The highest BCUT2D eigenvalue weighted by Crippen LogP contribution is 2.25. The molecule has 0 amide bonds. The zero-order valence-corrected chi connectivity index (χ0v) is 15.5. The molecule has 0 aliphatic heterocycles. The predicted octanol–water partition coefficient (Wildman–Crippen LogP) is 4.87. The molecule has 1 unspecified atom stereocenters. The van der Waals surface area contributed by atoms with Gasteiger partial charge in [0, 0.05) is 7.05 Å². The van der Waals surface area contributed by atoms with Crippen LogP contribution in [0, 0.1) is 0 Å². The summed E-state index contributed by atoms with van der Waals surface area (Å²) in [5, 5.41) is 9.62. The summed E-state index contributed by atoms with van der Waals surface area (Å²) in [6, 6.07) is 24.1. The van der Waals surface area contributed by atoms with Gasteiger partial charge < -0.3 is 14.4 Å². The summed E-state index contributed by atoms with van der Waals surface area (Å²) in [4.78, 5) is 4.63. The summed E-state index contributed by atoms with van der Waals surface area (Å²) in [6.07, 6.45) is -0.447. The van der Waals surface area contributed by atoms with Gasteiger partial charge in [0.25, 0.3) is 0 Å². The highest BCUT2D eigenvalue weighted by atomic mass is 16.5. The zero-order chi connectivity index (χ0) is 18.8. The number of aromatic nitrogens is 2. The van der Waals surface area contributed by atoms with E-state index < -0.39 is 6.10 Å². The van der Waals surface area contributed by atoms with Crippen LogP contribution < -0.4 is 4.74 Å². The van der Waals surface area contributed by atoms with Gasteiger partial charge in [-0.2, -0.15) is 0 Å². The number of aliphatic hydroxyl groups is 1. The fourth-order valence-corrected chi connectivity index (χ4v) is 3.17. The number of aliphatic hydroxyl groups excluding tert-OH is 1. The second-order valence-corrected chi connectivity index (χ2v) is 6.69. The van der Waals surface area contributed by atoms with Crippen LogP contribution in [0.4, 0.5) is 0 Å². The molecule has 1 N–H and O–H groups in total. The Balaban J connectivity index is 1.46. The van der Waals surface area contributed by atoms with E-state index in [9.17, 15) is 5.11 Å². The number of aryl methyl sites for hydroxylation is 1. The summed E-state index contributed by atoms with van der Waals surface area (Å²) in [5.74, 6) is 1.71. The summed E-state index contributed by atoms with van der Waals surface area (Å²) in [6.45, 7) is 2.19. The Morgan fingerprint density at radius 3 is 2.19 bits per heavy atom. The average Bonchev–Trinajstić information content (AvgIpc) is 3.03. The largest absolute Gasteiger partial charge is 0.486 e. The molecule has 3 aromatic carbocycles. The van der Waals surface area contributed by atoms with Crippen molar-refractivity contribution in [3.05, 3.63) is 84.2 Å². The Morgan fingerprint density at radius 1 is 0.926 bits per heavy atom. The van der Waals surface area contributed by atoms with Crippen LogP contribution in [0.15, 0.2) is 72.8 Å². The Kier molecular flexibility index (Phi) is 4.65. The van der Waals surface area contributed by atoms with Crippen molar-refractivity contribution in [3.63, 3.8) is 0 Å². The van der Waals surface area contributed by atoms with E-state index in [1.165, 1.54) is 0 Å². The van der Waals surface area contributed by atoms with E-state index in [0.717, 1.165) is 39.3 Å². The van der Waals surface area contributed by atoms with Crippen LogP contribution in [-0.4, -0.2) is 14.7 Å². The van der Waals surface area contributed by atoms with E-state index in [2.05, 4.69) is 15.6 Å². The number of benzene rings is 3. The summed E-state index contributed by atoms with van der Waals surface area (Å²) in [7, 11) is 2.01. The van der Waals surface area contributed by atoms with Gasteiger partial charge in [-0.25, -0.2) is 4.98 Å². The van der Waals surface area contributed by atoms with Crippen LogP contribution >= 0.6 is 0 Å². The maximum absolute atomic E-state index is 9.62. The number of hydrogen-bond acceptors (Lipinski definition) is 3. The van der Waals surface area contributed by atoms with Gasteiger partial charge >= 0.3 is 0 Å². The lowest BCUT2D eigenvalue weighted by Gasteiger charge is -2.09. The van der Waals surface area contributed by atoms with E-state index in [-0.39, 0.29) is 0 Å². The van der Waals surface area contributed by atoms with Gasteiger partial charge in [0.05, 0.1) is 17.1 Å². The SMILES string of the molecule is CC(O)c1ccc(-c2ccc(OCc3nc4ccccc4n3C)cc2)cc1. The van der Waals surface area contributed by atoms with Crippen LogP contribution in [0.3, 0.4) is 0 Å². The molecular formula is C23H22N2O2. The van der Waals surface area contributed by atoms with E-state index in [1.54, 1.807) is 6.92 Å². The van der Waals surface area contributed by atoms with Gasteiger partial charge in [-0.1, -0.05) is 48.5 Å². The molecule has 0 bridgehead atoms. The molecule has 1 atom stereocenters. The maximum Gasteiger partial charge on any atom is 0.147 e. The Labute approximate surface area is 158 Å². The van der Waals surface area contributed by atoms with Gasteiger partial charge in [0.2, 0.25) is 0 Å². The molecule has 4 heteroatoms. The standard InChI is InChI=1S/C23H22N2O2/c1-16(26)17-7-9-18(10-8-17)19-11-13-20(14-12-19)27-15-23-24-21-5-3-4-6-22(21)25(23)2/h3-14,16,26H,15H2,1-2H3. The van der Waals surface area contributed by atoms with Gasteiger partial charge in [-0.3, -0.25) is 0 Å². The third kappa shape index (κ3) is 3.57. The second-order valence-electron chi connectivity index (χ2n) is 6.69. The minimum absolute atomic E-state index is 0.424. The lowest BCUT2D eigenvalue weighted by Crippen LogP contribution is -2.03. The summed E-state index contributed by atoms with van der Waals surface area (Å²) in [5.41, 5.74) is 5.23. The first-order valence-electron chi connectivity index (χ1n) is 9.03. The van der Waals surface area contributed by atoms with Gasteiger partial charge in [0.15, 0.2) is 0 Å². The van der Waals surface area contributed by atoms with E-state index in [0.29, 0.717) is 6.61 Å². The molecule has 4 aromatic rings. The number of hydrogen-bond donors (Lipinski definition) is 1. The molecule has 136 valence electrons. The van der Waals surface area contributed by atoms with Gasteiger partial charge in [-0.05, 0) is 47.9 Å². The first kappa shape index (κ1) is 17.3. The van der Waals surface area contributed by atoms with Crippen molar-refractivity contribution >= 4 is 11.0 Å². The average molecular weight is 358 g/mol. The molecule has 4 nitrogen and oxygen atoms in total. The van der Waals surface area contributed by atoms with Crippen LogP contribution in [0.2, 0.25) is 0 Å². The van der Waals surface area contributed by atoms with Crippen molar-refractivity contribution in [2.45, 2.75) is 19.6 Å². The van der Waals surface area contributed by atoms with E-state index in [1.807, 2.05) is 73.8 Å². The predicted molar refractivity (Wildman–Crippen MR) is 108 cm³/mol. The normalized spacial score (nSPS) is 12.3. The number of para-hydroxylation sites is 2. The van der Waals surface area contributed by atoms with Crippen molar-refractivity contribution in [2.24, 2.45) is 7.05 Å². The molecule has 4 rings (SSSR count). The maximum atomic E-state index is 9.62. The van der Waals surface area contributed by atoms with Crippen molar-refractivity contribution in [3.8, 4) is 16.9 Å². The molecule has 0 spiro atoms. The van der Waals surface area contributed by atoms with Crippen molar-refractivity contribution in [1.82, 2.24) is 9.55 Å². The second kappa shape index (κ2) is 7.25. The zero-order valence-electron chi connectivity index (χ0n) is 15.5. The molecule has 0 aliphatic carbocycles. The van der Waals surface area contributed by atoms with Crippen molar-refractivity contribution in [1.29, 1.82) is 0 Å². The van der Waals surface area contributed by atoms with Crippen molar-refractivity contribution in [2.75, 3.05) is 0 Å². The lowest BCUT2D eigenvalue weighted by atomic mass is 10.0. The molecule has 0 aliphatic rings. The molecule has 0 fully saturated rings. The molecule has 27 heavy (non-hydrogen) atoms. The van der Waals surface area contributed by atoms with Gasteiger partial charge in [0.1, 0.15) is 18.2 Å². The lowest BCUT2D eigenvalue weighted by molar-refractivity contribution is 0.199. The van der Waals surface area contributed by atoms with Crippen molar-refractivity contribution < 1.29 is 9.84 Å². The minimum atomic E-state index is -0.447. The molecule has 0 saturated carbocycles. The molecule has 1 heterocycles.